The van der Waals surface area contributed by atoms with Crippen LogP contribution in [0.4, 0.5) is 0 Å². The monoisotopic (exact) mass is 403 g/mol. The minimum absolute atomic E-state index is 0.0866. The van der Waals surface area contributed by atoms with Crippen molar-refractivity contribution in [3.05, 3.63) is 89.7 Å². The van der Waals surface area contributed by atoms with Crippen molar-refractivity contribution < 1.29 is 9.22 Å². The van der Waals surface area contributed by atoms with Gasteiger partial charge in [-0.1, -0.05) is 63.2 Å². The number of rotatable bonds is 6. The van der Waals surface area contributed by atoms with Crippen LogP contribution in [0.15, 0.2) is 73.1 Å². The molecule has 1 atom stereocenters. The highest BCUT2D eigenvalue weighted by molar-refractivity contribution is 6.74. The van der Waals surface area contributed by atoms with Crippen molar-refractivity contribution in [1.29, 1.82) is 0 Å². The summed E-state index contributed by atoms with van der Waals surface area (Å²) in [6.07, 6.45) is 4.31. The van der Waals surface area contributed by atoms with E-state index in [1.807, 2.05) is 54.6 Å². The number of hydrogen-bond donors (Lipinski definition) is 0. The van der Waals surface area contributed by atoms with Crippen LogP contribution in [0.25, 0.3) is 11.1 Å². The van der Waals surface area contributed by atoms with Gasteiger partial charge >= 0.3 is 0 Å². The molecule has 0 N–H and O–H groups in total. The maximum atomic E-state index is 11.7. The lowest BCUT2D eigenvalue weighted by molar-refractivity contribution is 0.112. The summed E-state index contributed by atoms with van der Waals surface area (Å²) in [7, 11) is -2.04. The zero-order chi connectivity index (χ0) is 21.1. The first-order valence-electron chi connectivity index (χ1n) is 9.95. The average molecular weight is 404 g/mol. The van der Waals surface area contributed by atoms with E-state index in [-0.39, 0.29) is 11.1 Å². The second-order valence-electron chi connectivity index (χ2n) is 8.87. The minimum Gasteiger partial charge on any atom is -0.406 e. The number of benzene rings is 2. The van der Waals surface area contributed by atoms with E-state index in [1.54, 1.807) is 12.4 Å². The quantitative estimate of drug-likeness (QED) is 0.341. The van der Waals surface area contributed by atoms with Crippen LogP contribution >= 0.6 is 0 Å². The molecule has 0 spiro atoms. The third kappa shape index (κ3) is 4.71. The van der Waals surface area contributed by atoms with E-state index in [2.05, 4.69) is 44.9 Å². The van der Waals surface area contributed by atoms with Gasteiger partial charge in [0, 0.05) is 18.0 Å². The lowest BCUT2D eigenvalue weighted by Crippen LogP contribution is -2.42. The largest absolute Gasteiger partial charge is 0.406 e. The fraction of sp³-hybridized carbons (Fsp3) is 0.280. The van der Waals surface area contributed by atoms with Crippen molar-refractivity contribution in [2.24, 2.45) is 0 Å². The predicted molar refractivity (Wildman–Crippen MR) is 122 cm³/mol. The van der Waals surface area contributed by atoms with Crippen LogP contribution < -0.4 is 0 Å². The molecule has 3 aromatic rings. The highest BCUT2D eigenvalue weighted by Crippen LogP contribution is 2.42. The van der Waals surface area contributed by atoms with E-state index in [0.717, 1.165) is 28.5 Å². The van der Waals surface area contributed by atoms with E-state index in [9.17, 15) is 4.79 Å². The van der Waals surface area contributed by atoms with E-state index >= 15 is 0 Å². The van der Waals surface area contributed by atoms with E-state index in [1.165, 1.54) is 0 Å². The SMILES string of the molecule is CC(C)(C)[Si](C)(C)OC(c1ccncc1)c1ccc(C=O)c(-c2ccccc2)c1. The number of hydrogen-bond acceptors (Lipinski definition) is 3. The fourth-order valence-electron chi connectivity index (χ4n) is 3.05. The van der Waals surface area contributed by atoms with Gasteiger partial charge in [-0.25, -0.2) is 0 Å². The molecular weight excluding hydrogens is 374 g/mol. The molecular formula is C25H29NO2Si. The van der Waals surface area contributed by atoms with Gasteiger partial charge in [0.05, 0.1) is 6.10 Å². The van der Waals surface area contributed by atoms with Crippen molar-refractivity contribution in [3.63, 3.8) is 0 Å². The molecule has 3 rings (SSSR count). The van der Waals surface area contributed by atoms with E-state index in [0.29, 0.717) is 5.56 Å². The fourth-order valence-corrected chi connectivity index (χ4v) is 4.26. The first-order valence-corrected chi connectivity index (χ1v) is 12.9. The Morgan fingerprint density at radius 2 is 1.59 bits per heavy atom. The molecule has 0 amide bonds. The van der Waals surface area contributed by atoms with E-state index in [4.69, 9.17) is 4.43 Å². The Hall–Kier alpha value is -2.56. The van der Waals surface area contributed by atoms with Crippen molar-refractivity contribution in [2.45, 2.75) is 45.0 Å². The molecule has 0 aliphatic rings. The third-order valence-electron chi connectivity index (χ3n) is 5.82. The third-order valence-corrected chi connectivity index (χ3v) is 10.3. The summed E-state index contributed by atoms with van der Waals surface area (Å²) in [5.41, 5.74) is 4.75. The summed E-state index contributed by atoms with van der Waals surface area (Å²) in [4.78, 5) is 15.8. The van der Waals surface area contributed by atoms with Crippen LogP contribution in [0.5, 0.6) is 0 Å². The number of aldehydes is 1. The molecule has 3 nitrogen and oxygen atoms in total. The Kier molecular flexibility index (Phi) is 6.15. The van der Waals surface area contributed by atoms with Gasteiger partial charge in [0.1, 0.15) is 0 Å². The maximum absolute atomic E-state index is 11.7. The second kappa shape index (κ2) is 8.43. The zero-order valence-electron chi connectivity index (χ0n) is 17.8. The van der Waals surface area contributed by atoms with Gasteiger partial charge in [0.2, 0.25) is 0 Å². The minimum atomic E-state index is -2.04. The summed E-state index contributed by atoms with van der Waals surface area (Å²) in [5.74, 6) is 0. The van der Waals surface area contributed by atoms with Crippen LogP contribution in [0.2, 0.25) is 18.1 Å². The molecule has 0 aliphatic heterocycles. The number of carbonyl (C=O) groups excluding carboxylic acids is 1. The predicted octanol–water partition coefficient (Wildman–Crippen LogP) is 6.67. The molecule has 0 bridgehead atoms. The molecule has 0 fully saturated rings. The Balaban J connectivity index is 2.12. The first-order chi connectivity index (χ1) is 13.7. The second-order valence-corrected chi connectivity index (χ2v) is 13.6. The zero-order valence-corrected chi connectivity index (χ0v) is 18.8. The van der Waals surface area contributed by atoms with Gasteiger partial charge in [0.25, 0.3) is 0 Å². The van der Waals surface area contributed by atoms with Crippen LogP contribution in [-0.4, -0.2) is 19.6 Å². The molecule has 1 aromatic heterocycles. The van der Waals surface area contributed by atoms with Gasteiger partial charge in [-0.3, -0.25) is 9.78 Å². The summed E-state index contributed by atoms with van der Waals surface area (Å²) < 4.78 is 6.86. The van der Waals surface area contributed by atoms with Crippen LogP contribution in [0.1, 0.15) is 48.4 Å². The van der Waals surface area contributed by atoms with Crippen molar-refractivity contribution in [1.82, 2.24) is 4.98 Å². The normalized spacial score (nSPS) is 13.1. The maximum Gasteiger partial charge on any atom is 0.193 e. The van der Waals surface area contributed by atoms with Crippen molar-refractivity contribution in [2.75, 3.05) is 0 Å². The Morgan fingerprint density at radius 3 is 2.17 bits per heavy atom. The molecule has 1 heterocycles. The molecule has 0 saturated heterocycles. The standard InChI is InChI=1S/C25H29NO2Si/c1-25(2,3)29(4,5)28-24(20-13-15-26-16-14-20)21-11-12-22(18-27)23(17-21)19-9-7-6-8-10-19/h6-18,24H,1-5H3. The summed E-state index contributed by atoms with van der Waals surface area (Å²) in [6.45, 7) is 11.3. The number of nitrogens with zero attached hydrogens (tertiary/aromatic N) is 1. The lowest BCUT2D eigenvalue weighted by atomic mass is 9.94. The van der Waals surface area contributed by atoms with Crippen molar-refractivity contribution >= 4 is 14.6 Å². The highest BCUT2D eigenvalue weighted by Gasteiger charge is 2.40. The molecule has 150 valence electrons. The molecule has 4 heteroatoms. The van der Waals surface area contributed by atoms with E-state index < -0.39 is 8.32 Å². The van der Waals surface area contributed by atoms with Crippen molar-refractivity contribution in [3.8, 4) is 11.1 Å². The number of aromatic nitrogens is 1. The summed E-state index contributed by atoms with van der Waals surface area (Å²) >= 11 is 0. The average Bonchev–Trinajstić information content (AvgIpc) is 2.72. The van der Waals surface area contributed by atoms with Crippen LogP contribution in [0, 0.1) is 0 Å². The van der Waals surface area contributed by atoms with Gasteiger partial charge < -0.3 is 4.43 Å². The van der Waals surface area contributed by atoms with Gasteiger partial charge in [0.15, 0.2) is 14.6 Å². The molecule has 0 aliphatic carbocycles. The summed E-state index contributed by atoms with van der Waals surface area (Å²) in [5, 5.41) is 0.0866. The Bertz CT molecular complexity index is 963. The topological polar surface area (TPSA) is 39.2 Å². The van der Waals surface area contributed by atoms with Gasteiger partial charge in [-0.05, 0) is 58.6 Å². The van der Waals surface area contributed by atoms with Crippen LogP contribution in [0.3, 0.4) is 0 Å². The molecule has 0 saturated carbocycles. The molecule has 1 unspecified atom stereocenters. The van der Waals surface area contributed by atoms with Crippen LogP contribution in [-0.2, 0) is 4.43 Å². The molecule has 0 radical (unpaired) electrons. The molecule has 2 aromatic carbocycles. The lowest BCUT2D eigenvalue weighted by Gasteiger charge is -2.39. The number of carbonyl (C=O) groups is 1. The number of pyridine rings is 1. The van der Waals surface area contributed by atoms with Gasteiger partial charge in [-0.15, -0.1) is 0 Å². The highest BCUT2D eigenvalue weighted by atomic mass is 28.4. The summed E-state index contributed by atoms with van der Waals surface area (Å²) in [6, 6.07) is 20.0. The Labute approximate surface area is 174 Å². The van der Waals surface area contributed by atoms with Gasteiger partial charge in [-0.2, -0.15) is 0 Å². The Morgan fingerprint density at radius 1 is 0.931 bits per heavy atom. The first kappa shape index (κ1) is 21.2. The molecule has 29 heavy (non-hydrogen) atoms. The smallest absolute Gasteiger partial charge is 0.193 e.